The number of nitrogens with one attached hydrogen (secondary N) is 1. The Labute approximate surface area is 138 Å². The lowest BCUT2D eigenvalue weighted by Gasteiger charge is -2.27. The lowest BCUT2D eigenvalue weighted by molar-refractivity contribution is 0.0714. The van der Waals surface area contributed by atoms with Gasteiger partial charge in [-0.05, 0) is 30.5 Å². The molecule has 2 atom stereocenters. The number of amides is 1. The maximum Gasteiger partial charge on any atom is 0.271 e. The fourth-order valence-corrected chi connectivity index (χ4v) is 3.60. The summed E-state index contributed by atoms with van der Waals surface area (Å²) in [4.78, 5) is 16.6. The molecule has 0 radical (unpaired) electrons. The zero-order valence-electron chi connectivity index (χ0n) is 12.7. The molecule has 23 heavy (non-hydrogen) atoms. The summed E-state index contributed by atoms with van der Waals surface area (Å²) in [5.41, 5.74) is 1.33. The predicted molar refractivity (Wildman–Crippen MR) is 87.0 cm³/mol. The van der Waals surface area contributed by atoms with Gasteiger partial charge in [-0.15, -0.1) is 11.3 Å². The van der Waals surface area contributed by atoms with Gasteiger partial charge in [0.15, 0.2) is 0 Å². The number of benzene rings is 1. The highest BCUT2D eigenvalue weighted by atomic mass is 32.1. The molecule has 122 valence electrons. The molecular formula is C17H19FN2O2S. The molecule has 4 nitrogen and oxygen atoms in total. The van der Waals surface area contributed by atoms with Crippen LogP contribution in [0.1, 0.15) is 46.7 Å². The van der Waals surface area contributed by atoms with Crippen molar-refractivity contribution in [3.63, 3.8) is 0 Å². The maximum atomic E-state index is 12.9. The fourth-order valence-electron chi connectivity index (χ4n) is 2.80. The predicted octanol–water partition coefficient (Wildman–Crippen LogP) is 2.91. The highest BCUT2D eigenvalue weighted by Crippen LogP contribution is 2.20. The minimum Gasteiger partial charge on any atom is -0.391 e. The van der Waals surface area contributed by atoms with E-state index in [4.69, 9.17) is 0 Å². The standard InChI is InChI=1S/C17H19FN2O2S/c18-12-7-5-11(6-8-12)9-16-19-14(10-23-16)17(22)20-13-3-1-2-4-15(13)21/h5-8,10,13,15,21H,1-4,9H2,(H,20,22). The van der Waals surface area contributed by atoms with Crippen molar-refractivity contribution in [2.24, 2.45) is 0 Å². The Bertz CT molecular complexity index is 671. The van der Waals surface area contributed by atoms with E-state index < -0.39 is 6.10 Å². The lowest BCUT2D eigenvalue weighted by atomic mass is 9.92. The quantitative estimate of drug-likeness (QED) is 0.904. The average molecular weight is 334 g/mol. The van der Waals surface area contributed by atoms with Crippen LogP contribution in [0.15, 0.2) is 29.6 Å². The number of hydrogen-bond acceptors (Lipinski definition) is 4. The van der Waals surface area contributed by atoms with E-state index >= 15 is 0 Å². The van der Waals surface area contributed by atoms with Gasteiger partial charge in [0.2, 0.25) is 0 Å². The van der Waals surface area contributed by atoms with Crippen LogP contribution in [-0.4, -0.2) is 28.1 Å². The number of hydrogen-bond donors (Lipinski definition) is 2. The van der Waals surface area contributed by atoms with Gasteiger partial charge in [0.25, 0.3) is 5.91 Å². The van der Waals surface area contributed by atoms with Crippen LogP contribution in [0.2, 0.25) is 0 Å². The van der Waals surface area contributed by atoms with Crippen LogP contribution in [0.3, 0.4) is 0 Å². The monoisotopic (exact) mass is 334 g/mol. The Morgan fingerprint density at radius 1 is 1.30 bits per heavy atom. The molecule has 2 N–H and O–H groups in total. The van der Waals surface area contributed by atoms with Gasteiger partial charge in [0.05, 0.1) is 17.2 Å². The molecule has 0 saturated heterocycles. The van der Waals surface area contributed by atoms with Crippen molar-refractivity contribution in [1.29, 1.82) is 0 Å². The Balaban J connectivity index is 1.61. The number of halogens is 1. The summed E-state index contributed by atoms with van der Waals surface area (Å²) < 4.78 is 12.9. The molecule has 1 heterocycles. The van der Waals surface area contributed by atoms with Crippen LogP contribution in [-0.2, 0) is 6.42 Å². The van der Waals surface area contributed by atoms with E-state index in [-0.39, 0.29) is 17.8 Å². The first-order valence-corrected chi connectivity index (χ1v) is 8.67. The fraction of sp³-hybridized carbons (Fsp3) is 0.412. The molecule has 1 aliphatic carbocycles. The Kier molecular flexibility index (Phi) is 5.03. The van der Waals surface area contributed by atoms with Crippen molar-refractivity contribution in [2.45, 2.75) is 44.2 Å². The van der Waals surface area contributed by atoms with E-state index in [0.717, 1.165) is 36.3 Å². The first-order valence-electron chi connectivity index (χ1n) is 7.79. The van der Waals surface area contributed by atoms with Gasteiger partial charge in [-0.3, -0.25) is 4.79 Å². The van der Waals surface area contributed by atoms with Crippen molar-refractivity contribution in [3.05, 3.63) is 51.7 Å². The maximum absolute atomic E-state index is 12.9. The second kappa shape index (κ2) is 7.19. The highest BCUT2D eigenvalue weighted by Gasteiger charge is 2.25. The molecule has 1 saturated carbocycles. The van der Waals surface area contributed by atoms with Gasteiger partial charge in [-0.25, -0.2) is 9.37 Å². The minimum atomic E-state index is -0.468. The van der Waals surface area contributed by atoms with Crippen molar-refractivity contribution in [1.82, 2.24) is 10.3 Å². The Morgan fingerprint density at radius 3 is 2.78 bits per heavy atom. The number of aliphatic hydroxyl groups is 1. The molecule has 2 aromatic rings. The molecule has 6 heteroatoms. The average Bonchev–Trinajstić information content (AvgIpc) is 3.00. The lowest BCUT2D eigenvalue weighted by Crippen LogP contribution is -2.45. The summed E-state index contributed by atoms with van der Waals surface area (Å²) in [5.74, 6) is -0.503. The van der Waals surface area contributed by atoms with E-state index in [9.17, 15) is 14.3 Å². The van der Waals surface area contributed by atoms with Gasteiger partial charge in [-0.1, -0.05) is 25.0 Å². The van der Waals surface area contributed by atoms with Gasteiger partial charge in [-0.2, -0.15) is 0 Å². The summed E-state index contributed by atoms with van der Waals surface area (Å²) >= 11 is 1.41. The van der Waals surface area contributed by atoms with E-state index in [0.29, 0.717) is 12.1 Å². The molecule has 0 spiro atoms. The normalized spacial score (nSPS) is 21.1. The van der Waals surface area contributed by atoms with Crippen LogP contribution in [0, 0.1) is 5.82 Å². The van der Waals surface area contributed by atoms with Crippen molar-refractivity contribution < 1.29 is 14.3 Å². The van der Waals surface area contributed by atoms with E-state index in [1.165, 1.54) is 23.5 Å². The number of rotatable bonds is 4. The second-order valence-corrected chi connectivity index (χ2v) is 6.80. The molecule has 1 fully saturated rings. The Morgan fingerprint density at radius 2 is 2.04 bits per heavy atom. The van der Waals surface area contributed by atoms with Crippen LogP contribution in [0.5, 0.6) is 0 Å². The number of thiazole rings is 1. The van der Waals surface area contributed by atoms with Crippen LogP contribution < -0.4 is 5.32 Å². The highest BCUT2D eigenvalue weighted by molar-refractivity contribution is 7.09. The van der Waals surface area contributed by atoms with Crippen LogP contribution in [0.25, 0.3) is 0 Å². The molecule has 1 aliphatic rings. The first kappa shape index (κ1) is 16.1. The third-order valence-corrected chi connectivity index (χ3v) is 4.95. The second-order valence-electron chi connectivity index (χ2n) is 5.86. The summed E-state index contributed by atoms with van der Waals surface area (Å²) in [7, 11) is 0. The van der Waals surface area contributed by atoms with E-state index in [2.05, 4.69) is 10.3 Å². The van der Waals surface area contributed by atoms with Gasteiger partial charge >= 0.3 is 0 Å². The molecule has 2 unspecified atom stereocenters. The molecule has 0 bridgehead atoms. The van der Waals surface area contributed by atoms with Crippen molar-refractivity contribution in [3.8, 4) is 0 Å². The summed E-state index contributed by atoms with van der Waals surface area (Å²) in [6.07, 6.45) is 3.67. The molecule has 1 amide bonds. The summed E-state index contributed by atoms with van der Waals surface area (Å²) in [6.45, 7) is 0. The van der Waals surface area contributed by atoms with Crippen LogP contribution >= 0.6 is 11.3 Å². The van der Waals surface area contributed by atoms with Gasteiger partial charge in [0.1, 0.15) is 11.5 Å². The third-order valence-electron chi connectivity index (χ3n) is 4.10. The van der Waals surface area contributed by atoms with Crippen LogP contribution in [0.4, 0.5) is 4.39 Å². The molecule has 1 aromatic carbocycles. The molecule has 1 aromatic heterocycles. The number of carbonyl (C=O) groups is 1. The zero-order chi connectivity index (χ0) is 16.2. The van der Waals surface area contributed by atoms with Crippen molar-refractivity contribution >= 4 is 17.2 Å². The zero-order valence-corrected chi connectivity index (χ0v) is 13.5. The minimum absolute atomic E-state index is 0.182. The van der Waals surface area contributed by atoms with Crippen molar-refractivity contribution in [2.75, 3.05) is 0 Å². The summed E-state index contributed by atoms with van der Waals surface area (Å²) in [6, 6.07) is 6.09. The van der Waals surface area contributed by atoms with E-state index in [1.54, 1.807) is 17.5 Å². The number of nitrogens with zero attached hydrogens (tertiary/aromatic N) is 1. The molecule has 3 rings (SSSR count). The Hall–Kier alpha value is -1.79. The largest absolute Gasteiger partial charge is 0.391 e. The molecular weight excluding hydrogens is 315 g/mol. The topological polar surface area (TPSA) is 62.2 Å². The first-order chi connectivity index (χ1) is 11.1. The SMILES string of the molecule is O=C(NC1CCCCC1O)c1csc(Cc2ccc(F)cc2)n1. The number of aliphatic hydroxyl groups excluding tert-OH is 1. The van der Waals surface area contributed by atoms with E-state index in [1.807, 2.05) is 0 Å². The smallest absolute Gasteiger partial charge is 0.271 e. The van der Waals surface area contributed by atoms with Gasteiger partial charge in [0, 0.05) is 11.8 Å². The van der Waals surface area contributed by atoms with Gasteiger partial charge < -0.3 is 10.4 Å². The third kappa shape index (κ3) is 4.14. The summed E-state index contributed by atoms with van der Waals surface area (Å²) in [5, 5.41) is 15.3. The number of aromatic nitrogens is 1. The number of carbonyl (C=O) groups excluding carboxylic acids is 1. The molecule has 0 aliphatic heterocycles.